The lowest BCUT2D eigenvalue weighted by molar-refractivity contribution is -0.137. The maximum Gasteiger partial charge on any atom is 0.324 e. The van der Waals surface area contributed by atoms with Crippen LogP contribution in [-0.2, 0) is 4.79 Å². The lowest BCUT2D eigenvalue weighted by Crippen LogP contribution is -1.93. The molecule has 0 unspecified atom stereocenters. The zero-order valence-electron chi connectivity index (χ0n) is 11.2. The molecule has 0 aromatic rings. The van der Waals surface area contributed by atoms with Crippen molar-refractivity contribution >= 4 is 14.6 Å². The normalized spacial score (nSPS) is 10.1. The van der Waals surface area contributed by atoms with Gasteiger partial charge in [0.2, 0.25) is 0 Å². The summed E-state index contributed by atoms with van der Waals surface area (Å²) in [5.41, 5.74) is 0. The second-order valence-corrected chi connectivity index (χ2v) is 4.78. The average Bonchev–Trinajstić information content (AvgIpc) is 2.26. The second-order valence-electron chi connectivity index (χ2n) is 4.24. The van der Waals surface area contributed by atoms with Crippen molar-refractivity contribution in [1.29, 1.82) is 0 Å². The predicted molar refractivity (Wildman–Crippen MR) is 73.1 cm³/mol. The van der Waals surface area contributed by atoms with E-state index in [1.54, 1.807) is 0 Å². The number of hydrogen-bond acceptors (Lipinski definition) is 4. The highest BCUT2D eigenvalue weighted by Crippen LogP contribution is 2.11. The van der Waals surface area contributed by atoms with E-state index in [1.807, 2.05) is 0 Å². The van der Waals surface area contributed by atoms with E-state index in [1.165, 1.54) is 44.9 Å². The van der Waals surface area contributed by atoms with E-state index in [4.69, 9.17) is 19.8 Å². The van der Waals surface area contributed by atoms with Crippen LogP contribution in [0.3, 0.4) is 0 Å². The summed E-state index contributed by atoms with van der Waals surface area (Å²) in [6, 6.07) is 0. The van der Waals surface area contributed by atoms with Crippen molar-refractivity contribution in [3.05, 3.63) is 0 Å². The third kappa shape index (κ3) is 29.7. The predicted octanol–water partition coefficient (Wildman–Crippen LogP) is 3.18. The first-order chi connectivity index (χ1) is 8.50. The first kappa shape index (κ1) is 20.1. The molecule has 0 aromatic heterocycles. The molecular formula is C12H27O5P. The molecule has 0 saturated carbocycles. The summed E-state index contributed by atoms with van der Waals surface area (Å²) in [4.78, 5) is 31.9. The second kappa shape index (κ2) is 16.8. The molecule has 0 spiro atoms. The Morgan fingerprint density at radius 2 is 1.17 bits per heavy atom. The van der Waals surface area contributed by atoms with Gasteiger partial charge < -0.3 is 19.8 Å². The Balaban J connectivity index is 0. The van der Waals surface area contributed by atoms with Gasteiger partial charge >= 0.3 is 14.6 Å². The zero-order chi connectivity index (χ0) is 14.2. The van der Waals surface area contributed by atoms with Crippen LogP contribution in [0.15, 0.2) is 0 Å². The minimum absolute atomic E-state index is 0.343. The highest BCUT2D eigenvalue weighted by molar-refractivity contribution is 7.38. The average molecular weight is 282 g/mol. The zero-order valence-corrected chi connectivity index (χ0v) is 12.1. The third-order valence-corrected chi connectivity index (χ3v) is 2.49. The van der Waals surface area contributed by atoms with Gasteiger partial charge in [-0.15, -0.1) is 0 Å². The van der Waals surface area contributed by atoms with Gasteiger partial charge in [0.25, 0.3) is 0 Å². The van der Waals surface area contributed by atoms with E-state index >= 15 is 0 Å². The molecule has 6 heteroatoms. The molecule has 0 radical (unpaired) electrons. The van der Waals surface area contributed by atoms with Crippen molar-refractivity contribution < 1.29 is 24.6 Å². The number of carbonyl (C=O) groups is 1. The van der Waals surface area contributed by atoms with E-state index in [0.29, 0.717) is 6.42 Å². The van der Waals surface area contributed by atoms with Gasteiger partial charge in [0.1, 0.15) is 0 Å². The van der Waals surface area contributed by atoms with E-state index in [2.05, 4.69) is 6.92 Å². The lowest BCUT2D eigenvalue weighted by Gasteiger charge is -2.00. The number of aliphatic carboxylic acids is 1. The lowest BCUT2D eigenvalue weighted by atomic mass is 10.1. The van der Waals surface area contributed by atoms with Gasteiger partial charge in [-0.25, -0.2) is 0 Å². The summed E-state index contributed by atoms with van der Waals surface area (Å²) in [7, 11) is -2.62. The van der Waals surface area contributed by atoms with Crippen molar-refractivity contribution in [3.63, 3.8) is 0 Å². The maximum absolute atomic E-state index is 10.2. The standard InChI is InChI=1S/C12H24O2.H3O3P/c1-2-3-4-5-6-7-8-9-10-11-12(13)14;1-4(2)3/h2-11H2,1H3,(H,13,14);1-3H. The summed E-state index contributed by atoms with van der Waals surface area (Å²) in [6.07, 6.45) is 11.5. The highest BCUT2D eigenvalue weighted by Gasteiger charge is 1.96. The van der Waals surface area contributed by atoms with Crippen molar-refractivity contribution in [2.75, 3.05) is 0 Å². The van der Waals surface area contributed by atoms with E-state index in [9.17, 15) is 4.79 Å². The minimum Gasteiger partial charge on any atom is -0.481 e. The maximum atomic E-state index is 10.2. The van der Waals surface area contributed by atoms with Gasteiger partial charge in [-0.05, 0) is 6.42 Å². The molecule has 4 N–H and O–H groups in total. The van der Waals surface area contributed by atoms with Crippen LogP contribution in [0.2, 0.25) is 0 Å². The van der Waals surface area contributed by atoms with Crippen molar-refractivity contribution in [3.8, 4) is 0 Å². The van der Waals surface area contributed by atoms with Crippen LogP contribution in [0.4, 0.5) is 0 Å². The third-order valence-electron chi connectivity index (χ3n) is 2.49. The molecule has 0 heterocycles. The van der Waals surface area contributed by atoms with Crippen LogP contribution >= 0.6 is 8.60 Å². The van der Waals surface area contributed by atoms with Gasteiger partial charge in [-0.2, -0.15) is 0 Å². The molecule has 0 aliphatic rings. The van der Waals surface area contributed by atoms with Crippen LogP contribution in [-0.4, -0.2) is 25.8 Å². The Kier molecular flexibility index (Phi) is 18.7. The Morgan fingerprint density at radius 1 is 0.833 bits per heavy atom. The van der Waals surface area contributed by atoms with Gasteiger partial charge in [0.05, 0.1) is 0 Å². The summed E-state index contributed by atoms with van der Waals surface area (Å²) >= 11 is 0. The van der Waals surface area contributed by atoms with E-state index < -0.39 is 14.6 Å². The highest BCUT2D eigenvalue weighted by atomic mass is 31.2. The van der Waals surface area contributed by atoms with Crippen LogP contribution in [0.1, 0.15) is 71.1 Å². The number of hydrogen-bond donors (Lipinski definition) is 4. The van der Waals surface area contributed by atoms with Gasteiger partial charge in [-0.3, -0.25) is 4.79 Å². The quantitative estimate of drug-likeness (QED) is 0.364. The van der Waals surface area contributed by atoms with Crippen LogP contribution < -0.4 is 0 Å². The first-order valence-corrected chi connectivity index (χ1v) is 7.79. The molecule has 5 nitrogen and oxygen atoms in total. The van der Waals surface area contributed by atoms with Crippen molar-refractivity contribution in [2.24, 2.45) is 0 Å². The smallest absolute Gasteiger partial charge is 0.324 e. The van der Waals surface area contributed by atoms with Crippen LogP contribution in [0.5, 0.6) is 0 Å². The molecule has 110 valence electrons. The van der Waals surface area contributed by atoms with Crippen LogP contribution in [0, 0.1) is 0 Å². The summed E-state index contributed by atoms with van der Waals surface area (Å²) in [5.74, 6) is -0.659. The molecule has 0 fully saturated rings. The molecule has 0 atom stereocenters. The molecule has 18 heavy (non-hydrogen) atoms. The molecular weight excluding hydrogens is 255 g/mol. The first-order valence-electron chi connectivity index (χ1n) is 6.59. The molecule has 0 aliphatic carbocycles. The Morgan fingerprint density at radius 3 is 1.50 bits per heavy atom. The van der Waals surface area contributed by atoms with E-state index in [-0.39, 0.29) is 0 Å². The molecule has 0 saturated heterocycles. The molecule has 0 bridgehead atoms. The molecule has 0 aliphatic heterocycles. The monoisotopic (exact) mass is 282 g/mol. The number of unbranched alkanes of at least 4 members (excludes halogenated alkanes) is 8. The van der Waals surface area contributed by atoms with Gasteiger partial charge in [0.15, 0.2) is 0 Å². The molecule has 0 aromatic carbocycles. The molecule has 0 amide bonds. The largest absolute Gasteiger partial charge is 0.481 e. The Labute approximate surface area is 111 Å². The summed E-state index contributed by atoms with van der Waals surface area (Å²) in [6.45, 7) is 2.23. The minimum atomic E-state index is -2.62. The topological polar surface area (TPSA) is 98.0 Å². The molecule has 0 rings (SSSR count). The Hall–Kier alpha value is -0.220. The fraction of sp³-hybridized carbons (Fsp3) is 0.917. The van der Waals surface area contributed by atoms with Crippen LogP contribution in [0.25, 0.3) is 0 Å². The Bertz CT molecular complexity index is 173. The van der Waals surface area contributed by atoms with Gasteiger partial charge in [0, 0.05) is 6.42 Å². The van der Waals surface area contributed by atoms with Crippen molar-refractivity contribution in [2.45, 2.75) is 71.1 Å². The fourth-order valence-corrected chi connectivity index (χ4v) is 1.59. The summed E-state index contributed by atoms with van der Waals surface area (Å²) < 4.78 is 0. The van der Waals surface area contributed by atoms with E-state index in [0.717, 1.165) is 12.8 Å². The van der Waals surface area contributed by atoms with Crippen molar-refractivity contribution in [1.82, 2.24) is 0 Å². The number of rotatable bonds is 10. The number of carboxylic acid groups (broad SMARTS) is 1. The number of carboxylic acids is 1. The SMILES string of the molecule is CCCCCCCCCCCC(=O)O.OP(O)O. The van der Waals surface area contributed by atoms with Gasteiger partial charge in [-0.1, -0.05) is 58.3 Å². The fourth-order valence-electron chi connectivity index (χ4n) is 1.59. The summed E-state index contributed by atoms with van der Waals surface area (Å²) in [5, 5.41) is 8.41.